The average Bonchev–Trinajstić information content (AvgIpc) is 2.94. The van der Waals surface area contributed by atoms with Crippen molar-refractivity contribution in [3.05, 3.63) is 88.4 Å². The van der Waals surface area contributed by atoms with Gasteiger partial charge in [-0.05, 0) is 74.2 Å². The number of rotatable bonds is 12. The van der Waals surface area contributed by atoms with Gasteiger partial charge in [0.05, 0.1) is 17.7 Å². The standard InChI is InChI=1S/C31H38ClN3O5S/c1-21(2)18-33-31(37)24(5)34(19-25-10-13-27(40-6)14-11-25)30(36)20-35(26-12-9-23(4)29(32)17-26)41(38,39)28-15-7-22(3)8-16-28/h7-17,21,24H,18-20H2,1-6H3,(H,33,37). The topological polar surface area (TPSA) is 96.0 Å². The third-order valence-electron chi connectivity index (χ3n) is 6.70. The van der Waals surface area contributed by atoms with Crippen molar-refractivity contribution < 1.29 is 22.7 Å². The van der Waals surface area contributed by atoms with E-state index in [1.165, 1.54) is 23.1 Å². The summed E-state index contributed by atoms with van der Waals surface area (Å²) in [7, 11) is -2.61. The molecule has 0 aromatic heterocycles. The highest BCUT2D eigenvalue weighted by Gasteiger charge is 2.32. The number of sulfonamides is 1. The Bertz CT molecular complexity index is 1460. The lowest BCUT2D eigenvalue weighted by atomic mass is 10.1. The first-order valence-electron chi connectivity index (χ1n) is 13.4. The van der Waals surface area contributed by atoms with E-state index in [9.17, 15) is 18.0 Å². The number of hydrogen-bond donors (Lipinski definition) is 1. The molecule has 10 heteroatoms. The normalized spacial score (nSPS) is 12.1. The number of hydrogen-bond acceptors (Lipinski definition) is 5. The van der Waals surface area contributed by atoms with Gasteiger partial charge in [-0.1, -0.05) is 61.3 Å². The van der Waals surface area contributed by atoms with Crippen LogP contribution in [0.1, 0.15) is 37.5 Å². The van der Waals surface area contributed by atoms with Crippen LogP contribution in [0.2, 0.25) is 5.02 Å². The Balaban J connectivity index is 2.03. The lowest BCUT2D eigenvalue weighted by Gasteiger charge is -2.32. The molecule has 1 N–H and O–H groups in total. The minimum Gasteiger partial charge on any atom is -0.497 e. The van der Waals surface area contributed by atoms with E-state index in [-0.39, 0.29) is 29.0 Å². The molecule has 0 saturated heterocycles. The number of nitrogens with one attached hydrogen (secondary N) is 1. The van der Waals surface area contributed by atoms with Gasteiger partial charge in [0.2, 0.25) is 11.8 Å². The van der Waals surface area contributed by atoms with Crippen LogP contribution in [0.3, 0.4) is 0 Å². The SMILES string of the molecule is COc1ccc(CN(C(=O)CN(c2ccc(C)c(Cl)c2)S(=O)(=O)c2ccc(C)cc2)C(C)C(=O)NCC(C)C)cc1. The molecular weight excluding hydrogens is 562 g/mol. The fourth-order valence-corrected chi connectivity index (χ4v) is 5.65. The molecule has 8 nitrogen and oxygen atoms in total. The van der Waals surface area contributed by atoms with Gasteiger partial charge in [0.25, 0.3) is 10.0 Å². The van der Waals surface area contributed by atoms with Crippen LogP contribution in [-0.2, 0) is 26.2 Å². The summed E-state index contributed by atoms with van der Waals surface area (Å²) in [5.74, 6) is 0.00608. The third-order valence-corrected chi connectivity index (χ3v) is 8.89. The highest BCUT2D eigenvalue weighted by atomic mass is 35.5. The fourth-order valence-electron chi connectivity index (χ4n) is 4.07. The molecule has 0 spiro atoms. The van der Waals surface area contributed by atoms with Crippen molar-refractivity contribution in [2.24, 2.45) is 5.92 Å². The second-order valence-corrected chi connectivity index (χ2v) is 12.7. The highest BCUT2D eigenvalue weighted by Crippen LogP contribution is 2.29. The van der Waals surface area contributed by atoms with Crippen molar-refractivity contribution in [3.8, 4) is 5.75 Å². The molecule has 3 aromatic carbocycles. The molecule has 220 valence electrons. The van der Waals surface area contributed by atoms with Crippen molar-refractivity contribution in [2.75, 3.05) is 24.5 Å². The summed E-state index contributed by atoms with van der Waals surface area (Å²) < 4.78 is 34.1. The molecule has 0 heterocycles. The Morgan fingerprint density at radius 1 is 0.951 bits per heavy atom. The van der Waals surface area contributed by atoms with Gasteiger partial charge in [-0.3, -0.25) is 13.9 Å². The Morgan fingerprint density at radius 2 is 1.59 bits per heavy atom. The molecule has 0 saturated carbocycles. The zero-order chi connectivity index (χ0) is 30.3. The van der Waals surface area contributed by atoms with Crippen molar-refractivity contribution in [3.63, 3.8) is 0 Å². The lowest BCUT2D eigenvalue weighted by molar-refractivity contribution is -0.139. The first kappa shape index (κ1) is 32.0. The van der Waals surface area contributed by atoms with Gasteiger partial charge in [0.15, 0.2) is 0 Å². The molecular formula is C31H38ClN3O5S. The van der Waals surface area contributed by atoms with Gasteiger partial charge >= 0.3 is 0 Å². The molecule has 0 bridgehead atoms. The predicted octanol–water partition coefficient (Wildman–Crippen LogP) is 5.35. The number of methoxy groups -OCH3 is 1. The van der Waals surface area contributed by atoms with Crippen LogP contribution in [-0.4, -0.2) is 51.4 Å². The largest absolute Gasteiger partial charge is 0.497 e. The van der Waals surface area contributed by atoms with E-state index in [0.717, 1.165) is 21.0 Å². The number of aryl methyl sites for hydroxylation is 2. The summed E-state index contributed by atoms with van der Waals surface area (Å²) in [6, 6.07) is 17.5. The smallest absolute Gasteiger partial charge is 0.264 e. The molecule has 3 rings (SSSR count). The van der Waals surface area contributed by atoms with Gasteiger partial charge in [-0.25, -0.2) is 8.42 Å². The number of nitrogens with zero attached hydrogens (tertiary/aromatic N) is 2. The summed E-state index contributed by atoms with van der Waals surface area (Å²) >= 11 is 6.38. The van der Waals surface area contributed by atoms with E-state index in [4.69, 9.17) is 16.3 Å². The van der Waals surface area contributed by atoms with Gasteiger partial charge in [-0.2, -0.15) is 0 Å². The van der Waals surface area contributed by atoms with Crippen molar-refractivity contribution >= 4 is 39.1 Å². The molecule has 1 unspecified atom stereocenters. The molecule has 0 aliphatic heterocycles. The van der Waals surface area contributed by atoms with E-state index >= 15 is 0 Å². The molecule has 1 atom stereocenters. The number of ether oxygens (including phenoxy) is 1. The van der Waals surface area contributed by atoms with E-state index in [1.807, 2.05) is 27.7 Å². The molecule has 0 aliphatic carbocycles. The number of anilines is 1. The van der Waals surface area contributed by atoms with E-state index in [1.54, 1.807) is 62.6 Å². The van der Waals surface area contributed by atoms with Crippen molar-refractivity contribution in [1.29, 1.82) is 0 Å². The highest BCUT2D eigenvalue weighted by molar-refractivity contribution is 7.92. The minimum atomic E-state index is -4.17. The van der Waals surface area contributed by atoms with Crippen molar-refractivity contribution in [1.82, 2.24) is 10.2 Å². The Labute approximate surface area is 248 Å². The Morgan fingerprint density at radius 3 is 2.15 bits per heavy atom. The van der Waals surface area contributed by atoms with Gasteiger partial charge in [-0.15, -0.1) is 0 Å². The molecule has 0 fully saturated rings. The van der Waals surface area contributed by atoms with Crippen LogP contribution in [0.25, 0.3) is 0 Å². The second-order valence-electron chi connectivity index (χ2n) is 10.4. The monoisotopic (exact) mass is 599 g/mol. The van der Waals surface area contributed by atoms with Crippen LogP contribution in [0.5, 0.6) is 5.75 Å². The number of halogens is 1. The minimum absolute atomic E-state index is 0.0389. The zero-order valence-electron chi connectivity index (χ0n) is 24.3. The molecule has 3 aromatic rings. The van der Waals surface area contributed by atoms with Crippen LogP contribution < -0.4 is 14.4 Å². The van der Waals surface area contributed by atoms with E-state index in [2.05, 4.69) is 5.32 Å². The van der Waals surface area contributed by atoms with Gasteiger partial charge in [0.1, 0.15) is 18.3 Å². The Hall–Kier alpha value is -3.56. The zero-order valence-corrected chi connectivity index (χ0v) is 25.9. The van der Waals surface area contributed by atoms with Crippen molar-refractivity contribution in [2.45, 2.75) is 52.1 Å². The number of carbonyl (C=O) groups is 2. The summed E-state index contributed by atoms with van der Waals surface area (Å²) in [6.45, 7) is 9.27. The first-order chi connectivity index (χ1) is 19.3. The first-order valence-corrected chi connectivity index (χ1v) is 15.2. The van der Waals surface area contributed by atoms with E-state index in [0.29, 0.717) is 17.3 Å². The summed E-state index contributed by atoms with van der Waals surface area (Å²) in [5, 5.41) is 3.25. The van der Waals surface area contributed by atoms with Crippen LogP contribution in [0, 0.1) is 19.8 Å². The molecule has 2 amide bonds. The maximum absolute atomic E-state index is 14.0. The quantitative estimate of drug-likeness (QED) is 0.303. The summed E-state index contributed by atoms with van der Waals surface area (Å²) in [6.07, 6.45) is 0. The molecule has 41 heavy (non-hydrogen) atoms. The van der Waals surface area contributed by atoms with Gasteiger partial charge < -0.3 is 15.0 Å². The Kier molecular flexibility index (Phi) is 10.8. The molecule has 0 radical (unpaired) electrons. The fraction of sp³-hybridized carbons (Fsp3) is 0.355. The van der Waals surface area contributed by atoms with Crippen LogP contribution in [0.4, 0.5) is 5.69 Å². The maximum atomic E-state index is 14.0. The van der Waals surface area contributed by atoms with Gasteiger partial charge in [0, 0.05) is 18.1 Å². The maximum Gasteiger partial charge on any atom is 0.264 e. The van der Waals surface area contributed by atoms with Crippen LogP contribution >= 0.6 is 11.6 Å². The van der Waals surface area contributed by atoms with Crippen LogP contribution in [0.15, 0.2) is 71.6 Å². The number of amides is 2. The summed E-state index contributed by atoms with van der Waals surface area (Å²) in [5.41, 5.74) is 2.67. The van der Waals surface area contributed by atoms with E-state index < -0.39 is 28.5 Å². The molecule has 0 aliphatic rings. The second kappa shape index (κ2) is 13.9. The predicted molar refractivity (Wildman–Crippen MR) is 163 cm³/mol. The number of carbonyl (C=O) groups excluding carboxylic acids is 2. The summed E-state index contributed by atoms with van der Waals surface area (Å²) in [4.78, 5) is 28.5. The third kappa shape index (κ3) is 8.24. The average molecular weight is 600 g/mol. The lowest BCUT2D eigenvalue weighted by Crippen LogP contribution is -2.51. The number of benzene rings is 3.